The Morgan fingerprint density at radius 1 is 1.35 bits per heavy atom. The molecule has 6 heteroatoms. The van der Waals surface area contributed by atoms with Crippen LogP contribution in [0.3, 0.4) is 0 Å². The smallest absolute Gasteiger partial charge is 0.348 e. The standard InChI is InChI=1S/C14H18N4O2/c1-20-12-6-4-11(5-7-12)18-14(19)16-13(17-18)10-3-2-8-15-9-10/h4-7,10,15H,2-3,8-9H2,1H3,(H,16,17,19). The number of nitrogens with zero attached hydrogens (tertiary/aromatic N) is 2. The highest BCUT2D eigenvalue weighted by Crippen LogP contribution is 2.19. The van der Waals surface area contributed by atoms with Crippen LogP contribution >= 0.6 is 0 Å². The molecule has 1 aromatic heterocycles. The van der Waals surface area contributed by atoms with Gasteiger partial charge >= 0.3 is 5.69 Å². The minimum Gasteiger partial charge on any atom is -0.497 e. The predicted octanol–water partition coefficient (Wildman–Crippen LogP) is 1.04. The molecule has 1 fully saturated rings. The van der Waals surface area contributed by atoms with Crippen molar-refractivity contribution in [3.8, 4) is 11.4 Å². The second kappa shape index (κ2) is 5.50. The Hall–Kier alpha value is -2.08. The summed E-state index contributed by atoms with van der Waals surface area (Å²) in [7, 11) is 1.61. The van der Waals surface area contributed by atoms with Gasteiger partial charge in [0, 0.05) is 12.5 Å². The average Bonchev–Trinajstić information content (AvgIpc) is 2.90. The number of hydrogen-bond donors (Lipinski definition) is 2. The van der Waals surface area contributed by atoms with Gasteiger partial charge in [0.2, 0.25) is 0 Å². The van der Waals surface area contributed by atoms with E-state index in [0.29, 0.717) is 0 Å². The summed E-state index contributed by atoms with van der Waals surface area (Å²) in [6, 6.07) is 7.28. The highest BCUT2D eigenvalue weighted by atomic mass is 16.5. The fraction of sp³-hybridized carbons (Fsp3) is 0.429. The average molecular weight is 274 g/mol. The van der Waals surface area contributed by atoms with Crippen molar-refractivity contribution in [1.82, 2.24) is 20.1 Å². The zero-order chi connectivity index (χ0) is 13.9. The summed E-state index contributed by atoms with van der Waals surface area (Å²) in [5.41, 5.74) is 0.540. The lowest BCUT2D eigenvalue weighted by Gasteiger charge is -2.20. The maximum Gasteiger partial charge on any atom is 0.348 e. The summed E-state index contributed by atoms with van der Waals surface area (Å²) >= 11 is 0. The van der Waals surface area contributed by atoms with Crippen LogP contribution in [0.5, 0.6) is 5.75 Å². The highest BCUT2D eigenvalue weighted by molar-refractivity contribution is 5.36. The van der Waals surface area contributed by atoms with Gasteiger partial charge in [0.05, 0.1) is 12.8 Å². The van der Waals surface area contributed by atoms with Crippen LogP contribution in [0.25, 0.3) is 5.69 Å². The van der Waals surface area contributed by atoms with Crippen LogP contribution in [-0.2, 0) is 0 Å². The molecule has 1 saturated heterocycles. The van der Waals surface area contributed by atoms with Gasteiger partial charge in [-0.3, -0.25) is 4.98 Å². The SMILES string of the molecule is COc1ccc(-n2nc(C3CCCNC3)[nH]c2=O)cc1. The summed E-state index contributed by atoms with van der Waals surface area (Å²) in [6.07, 6.45) is 2.17. The summed E-state index contributed by atoms with van der Waals surface area (Å²) in [4.78, 5) is 14.9. The van der Waals surface area contributed by atoms with Crippen molar-refractivity contribution < 1.29 is 4.74 Å². The van der Waals surface area contributed by atoms with Crippen LogP contribution in [0.1, 0.15) is 24.6 Å². The molecule has 0 amide bonds. The Morgan fingerprint density at radius 2 is 2.15 bits per heavy atom. The predicted molar refractivity (Wildman–Crippen MR) is 75.6 cm³/mol. The lowest BCUT2D eigenvalue weighted by atomic mass is 9.99. The Labute approximate surface area is 116 Å². The number of aromatic nitrogens is 3. The second-order valence-corrected chi connectivity index (χ2v) is 4.97. The van der Waals surface area contributed by atoms with Gasteiger partial charge < -0.3 is 10.1 Å². The molecule has 2 aromatic rings. The molecule has 0 spiro atoms. The van der Waals surface area contributed by atoms with E-state index in [1.54, 1.807) is 7.11 Å². The Morgan fingerprint density at radius 3 is 2.80 bits per heavy atom. The van der Waals surface area contributed by atoms with Crippen molar-refractivity contribution in [3.63, 3.8) is 0 Å². The molecule has 0 saturated carbocycles. The van der Waals surface area contributed by atoms with Crippen LogP contribution in [0.4, 0.5) is 0 Å². The summed E-state index contributed by atoms with van der Waals surface area (Å²) in [5, 5.41) is 7.76. The third-order valence-corrected chi connectivity index (χ3v) is 3.64. The van der Waals surface area contributed by atoms with Gasteiger partial charge in [-0.25, -0.2) is 4.79 Å². The molecule has 2 N–H and O–H groups in total. The van der Waals surface area contributed by atoms with Crippen molar-refractivity contribution >= 4 is 0 Å². The maximum atomic E-state index is 12.0. The first-order valence-electron chi connectivity index (χ1n) is 6.82. The molecule has 0 aliphatic carbocycles. The first kappa shape index (κ1) is 12.9. The quantitative estimate of drug-likeness (QED) is 0.877. The Kier molecular flexibility index (Phi) is 3.56. The van der Waals surface area contributed by atoms with E-state index in [4.69, 9.17) is 4.74 Å². The summed E-state index contributed by atoms with van der Waals surface area (Å²) < 4.78 is 6.52. The topological polar surface area (TPSA) is 71.9 Å². The van der Waals surface area contributed by atoms with Gasteiger partial charge in [-0.05, 0) is 43.7 Å². The first-order valence-corrected chi connectivity index (χ1v) is 6.82. The van der Waals surface area contributed by atoms with Crippen molar-refractivity contribution in [2.45, 2.75) is 18.8 Å². The molecule has 0 bridgehead atoms. The van der Waals surface area contributed by atoms with Gasteiger partial charge in [0.1, 0.15) is 11.6 Å². The number of aromatic amines is 1. The van der Waals surface area contributed by atoms with E-state index in [1.807, 2.05) is 24.3 Å². The second-order valence-electron chi connectivity index (χ2n) is 4.97. The fourth-order valence-corrected chi connectivity index (χ4v) is 2.51. The zero-order valence-electron chi connectivity index (χ0n) is 11.4. The van der Waals surface area contributed by atoms with Gasteiger partial charge in [-0.2, -0.15) is 4.68 Å². The third kappa shape index (κ3) is 2.46. The molecule has 106 valence electrons. The van der Waals surface area contributed by atoms with E-state index < -0.39 is 0 Å². The summed E-state index contributed by atoms with van der Waals surface area (Å²) in [6.45, 7) is 1.91. The number of piperidine rings is 1. The number of rotatable bonds is 3. The van der Waals surface area contributed by atoms with E-state index in [0.717, 1.165) is 43.2 Å². The number of benzene rings is 1. The van der Waals surface area contributed by atoms with E-state index in [9.17, 15) is 4.79 Å². The minimum atomic E-state index is -0.198. The van der Waals surface area contributed by atoms with E-state index in [2.05, 4.69) is 15.4 Å². The third-order valence-electron chi connectivity index (χ3n) is 3.64. The minimum absolute atomic E-state index is 0.198. The van der Waals surface area contributed by atoms with E-state index in [1.165, 1.54) is 4.68 Å². The van der Waals surface area contributed by atoms with Crippen molar-refractivity contribution in [1.29, 1.82) is 0 Å². The van der Waals surface area contributed by atoms with Crippen LogP contribution in [0.15, 0.2) is 29.1 Å². The maximum absolute atomic E-state index is 12.0. The van der Waals surface area contributed by atoms with Gasteiger partial charge in [0.15, 0.2) is 0 Å². The van der Waals surface area contributed by atoms with Crippen LogP contribution < -0.4 is 15.7 Å². The molecular formula is C14H18N4O2. The number of nitrogens with one attached hydrogen (secondary N) is 2. The molecule has 1 aliphatic heterocycles. The van der Waals surface area contributed by atoms with Gasteiger partial charge in [-0.1, -0.05) is 0 Å². The van der Waals surface area contributed by atoms with Crippen LogP contribution in [0, 0.1) is 0 Å². The normalized spacial score (nSPS) is 18.9. The largest absolute Gasteiger partial charge is 0.497 e. The fourth-order valence-electron chi connectivity index (χ4n) is 2.51. The molecule has 1 unspecified atom stereocenters. The highest BCUT2D eigenvalue weighted by Gasteiger charge is 2.20. The number of ether oxygens (including phenoxy) is 1. The number of H-pyrrole nitrogens is 1. The Bertz CT molecular complexity index is 623. The zero-order valence-corrected chi connectivity index (χ0v) is 11.4. The van der Waals surface area contributed by atoms with Crippen LogP contribution in [-0.4, -0.2) is 35.0 Å². The van der Waals surface area contributed by atoms with Crippen molar-refractivity contribution in [3.05, 3.63) is 40.6 Å². The molecular weight excluding hydrogens is 256 g/mol. The van der Waals surface area contributed by atoms with E-state index >= 15 is 0 Å². The van der Waals surface area contributed by atoms with Crippen molar-refractivity contribution in [2.24, 2.45) is 0 Å². The van der Waals surface area contributed by atoms with Crippen LogP contribution in [0.2, 0.25) is 0 Å². The lowest BCUT2D eigenvalue weighted by Crippen LogP contribution is -2.29. The number of methoxy groups -OCH3 is 1. The molecule has 1 aromatic carbocycles. The molecule has 20 heavy (non-hydrogen) atoms. The molecule has 6 nitrogen and oxygen atoms in total. The molecule has 2 heterocycles. The van der Waals surface area contributed by atoms with E-state index in [-0.39, 0.29) is 11.6 Å². The van der Waals surface area contributed by atoms with Crippen molar-refractivity contribution in [2.75, 3.05) is 20.2 Å². The molecule has 1 atom stereocenters. The molecule has 3 rings (SSSR count). The van der Waals surface area contributed by atoms with Gasteiger partial charge in [-0.15, -0.1) is 5.10 Å². The molecule has 1 aliphatic rings. The monoisotopic (exact) mass is 274 g/mol. The lowest BCUT2D eigenvalue weighted by molar-refractivity contribution is 0.414. The Balaban J connectivity index is 1.89. The van der Waals surface area contributed by atoms with Gasteiger partial charge in [0.25, 0.3) is 0 Å². The number of hydrogen-bond acceptors (Lipinski definition) is 4. The summed E-state index contributed by atoms with van der Waals surface area (Å²) in [5.74, 6) is 1.81. The molecule has 0 radical (unpaired) electrons. The first-order chi connectivity index (χ1) is 9.78.